The van der Waals surface area contributed by atoms with E-state index in [1.165, 1.54) is 18.3 Å². The molecule has 2 aromatic carbocycles. The van der Waals surface area contributed by atoms with Gasteiger partial charge >= 0.3 is 0 Å². The molecular weight excluding hydrogens is 369 g/mol. The van der Waals surface area contributed by atoms with Crippen LogP contribution >= 0.6 is 0 Å². The van der Waals surface area contributed by atoms with Gasteiger partial charge in [0, 0.05) is 24.8 Å². The summed E-state index contributed by atoms with van der Waals surface area (Å²) in [5.41, 5.74) is 3.17. The maximum absolute atomic E-state index is 13.6. The summed E-state index contributed by atoms with van der Waals surface area (Å²) in [6, 6.07) is 17.3. The van der Waals surface area contributed by atoms with Gasteiger partial charge in [-0.05, 0) is 42.7 Å². The fourth-order valence-electron chi connectivity index (χ4n) is 2.79. The molecule has 1 aromatic heterocycles. The maximum Gasteiger partial charge on any atom is 0.269 e. The van der Waals surface area contributed by atoms with Crippen molar-refractivity contribution in [2.75, 3.05) is 6.54 Å². The summed E-state index contributed by atoms with van der Waals surface area (Å²) in [7, 11) is 0. The highest BCUT2D eigenvalue weighted by Crippen LogP contribution is 2.07. The molecule has 0 radical (unpaired) electrons. The van der Waals surface area contributed by atoms with E-state index in [0.29, 0.717) is 24.1 Å². The summed E-state index contributed by atoms with van der Waals surface area (Å²) in [6.07, 6.45) is 1.79. The Hall–Kier alpha value is -3.54. The second-order valence-electron chi connectivity index (χ2n) is 6.70. The molecule has 0 aliphatic rings. The third-order valence-electron chi connectivity index (χ3n) is 4.47. The number of rotatable bonds is 7. The van der Waals surface area contributed by atoms with Crippen LogP contribution in [0.25, 0.3) is 0 Å². The van der Waals surface area contributed by atoms with Gasteiger partial charge in [-0.1, -0.05) is 48.0 Å². The van der Waals surface area contributed by atoms with E-state index in [1.807, 2.05) is 31.2 Å². The van der Waals surface area contributed by atoms with Crippen LogP contribution in [-0.2, 0) is 13.0 Å². The molecule has 0 unspecified atom stereocenters. The number of pyridine rings is 1. The molecule has 29 heavy (non-hydrogen) atoms. The van der Waals surface area contributed by atoms with Crippen LogP contribution in [0.5, 0.6) is 0 Å². The minimum Gasteiger partial charge on any atom is -0.350 e. The second kappa shape index (κ2) is 9.59. The van der Waals surface area contributed by atoms with E-state index in [0.717, 1.165) is 11.1 Å². The molecule has 0 aliphatic carbocycles. The lowest BCUT2D eigenvalue weighted by atomic mass is 10.1. The van der Waals surface area contributed by atoms with Gasteiger partial charge in [-0.15, -0.1) is 0 Å². The largest absolute Gasteiger partial charge is 0.350 e. The molecule has 0 aliphatic heterocycles. The van der Waals surface area contributed by atoms with E-state index in [-0.39, 0.29) is 24.0 Å². The molecule has 5 nitrogen and oxygen atoms in total. The van der Waals surface area contributed by atoms with Crippen molar-refractivity contribution < 1.29 is 14.0 Å². The number of carbonyl (C=O) groups excluding carboxylic acids is 2. The zero-order valence-corrected chi connectivity index (χ0v) is 16.1. The minimum absolute atomic E-state index is 0.140. The first-order chi connectivity index (χ1) is 14.0. The zero-order valence-electron chi connectivity index (χ0n) is 16.1. The van der Waals surface area contributed by atoms with Crippen LogP contribution in [0.3, 0.4) is 0 Å². The Labute approximate surface area is 169 Å². The molecule has 6 heteroatoms. The standard InChI is InChI=1S/C23H22FN3O2/c1-16-6-8-17(9-7-16)15-27-22(28)19-11-12-25-21(14-19)23(29)26-13-10-18-4-2-3-5-20(18)24/h2-9,11-12,14H,10,13,15H2,1H3,(H,26,29)(H,27,28). The number of hydrogen-bond acceptors (Lipinski definition) is 3. The normalized spacial score (nSPS) is 10.4. The van der Waals surface area contributed by atoms with E-state index in [9.17, 15) is 14.0 Å². The maximum atomic E-state index is 13.6. The SMILES string of the molecule is Cc1ccc(CNC(=O)c2ccnc(C(=O)NCCc3ccccc3F)c2)cc1. The number of benzene rings is 2. The minimum atomic E-state index is -0.408. The van der Waals surface area contributed by atoms with Crippen molar-refractivity contribution in [3.8, 4) is 0 Å². The first kappa shape index (κ1) is 20.2. The first-order valence-corrected chi connectivity index (χ1v) is 9.34. The van der Waals surface area contributed by atoms with Gasteiger partial charge in [0.15, 0.2) is 0 Å². The van der Waals surface area contributed by atoms with Crippen molar-refractivity contribution >= 4 is 11.8 Å². The molecule has 0 atom stereocenters. The summed E-state index contributed by atoms with van der Waals surface area (Å²) in [4.78, 5) is 28.7. The van der Waals surface area contributed by atoms with Gasteiger partial charge in [0.05, 0.1) is 0 Å². The molecule has 0 fully saturated rings. The third kappa shape index (κ3) is 5.72. The predicted molar refractivity (Wildman–Crippen MR) is 109 cm³/mol. The third-order valence-corrected chi connectivity index (χ3v) is 4.47. The number of nitrogens with one attached hydrogen (secondary N) is 2. The smallest absolute Gasteiger partial charge is 0.269 e. The Bertz CT molecular complexity index is 1000. The Morgan fingerprint density at radius 3 is 2.48 bits per heavy atom. The lowest BCUT2D eigenvalue weighted by molar-refractivity contribution is 0.0949. The van der Waals surface area contributed by atoms with Gasteiger partial charge in [0.2, 0.25) is 0 Å². The molecule has 0 saturated heterocycles. The average molecular weight is 391 g/mol. The molecule has 1 heterocycles. The lowest BCUT2D eigenvalue weighted by Gasteiger charge is -2.08. The van der Waals surface area contributed by atoms with Gasteiger partial charge in [-0.3, -0.25) is 14.6 Å². The van der Waals surface area contributed by atoms with Crippen LogP contribution in [0.4, 0.5) is 4.39 Å². The van der Waals surface area contributed by atoms with E-state index in [2.05, 4.69) is 15.6 Å². The van der Waals surface area contributed by atoms with E-state index in [1.54, 1.807) is 24.3 Å². The van der Waals surface area contributed by atoms with Crippen LogP contribution in [0.2, 0.25) is 0 Å². The molecule has 3 rings (SSSR count). The fourth-order valence-corrected chi connectivity index (χ4v) is 2.79. The fraction of sp³-hybridized carbons (Fsp3) is 0.174. The first-order valence-electron chi connectivity index (χ1n) is 9.34. The Morgan fingerprint density at radius 2 is 1.72 bits per heavy atom. The van der Waals surface area contributed by atoms with Crippen LogP contribution in [0.15, 0.2) is 66.9 Å². The van der Waals surface area contributed by atoms with Crippen molar-refractivity contribution in [3.63, 3.8) is 0 Å². The average Bonchev–Trinajstić information content (AvgIpc) is 2.74. The topological polar surface area (TPSA) is 71.1 Å². The van der Waals surface area contributed by atoms with Crippen LogP contribution in [0.1, 0.15) is 37.5 Å². The van der Waals surface area contributed by atoms with Gasteiger partial charge in [-0.2, -0.15) is 0 Å². The predicted octanol–water partition coefficient (Wildman–Crippen LogP) is 3.43. The highest BCUT2D eigenvalue weighted by Gasteiger charge is 2.12. The number of carbonyl (C=O) groups is 2. The van der Waals surface area contributed by atoms with Crippen molar-refractivity contribution in [1.82, 2.24) is 15.6 Å². The lowest BCUT2D eigenvalue weighted by Crippen LogP contribution is -2.28. The monoisotopic (exact) mass is 391 g/mol. The molecule has 0 spiro atoms. The van der Waals surface area contributed by atoms with E-state index < -0.39 is 5.91 Å². The Kier molecular flexibility index (Phi) is 6.68. The number of aromatic nitrogens is 1. The molecule has 3 aromatic rings. The Morgan fingerprint density at radius 1 is 0.966 bits per heavy atom. The number of halogens is 1. The number of hydrogen-bond donors (Lipinski definition) is 2. The van der Waals surface area contributed by atoms with Crippen molar-refractivity contribution in [1.29, 1.82) is 0 Å². The van der Waals surface area contributed by atoms with Gasteiger partial charge < -0.3 is 10.6 Å². The highest BCUT2D eigenvalue weighted by molar-refractivity contribution is 5.98. The van der Waals surface area contributed by atoms with E-state index in [4.69, 9.17) is 0 Å². The molecule has 0 bridgehead atoms. The quantitative estimate of drug-likeness (QED) is 0.648. The summed E-state index contributed by atoms with van der Waals surface area (Å²) in [5.74, 6) is -0.991. The summed E-state index contributed by atoms with van der Waals surface area (Å²) >= 11 is 0. The summed E-state index contributed by atoms with van der Waals surface area (Å²) in [6.45, 7) is 2.67. The molecule has 2 amide bonds. The van der Waals surface area contributed by atoms with Crippen molar-refractivity contribution in [3.05, 3.63) is 101 Å². The highest BCUT2D eigenvalue weighted by atomic mass is 19.1. The van der Waals surface area contributed by atoms with Crippen LogP contribution < -0.4 is 10.6 Å². The summed E-state index contributed by atoms with van der Waals surface area (Å²) < 4.78 is 13.6. The van der Waals surface area contributed by atoms with Gasteiger partial charge in [0.1, 0.15) is 11.5 Å². The number of aryl methyl sites for hydroxylation is 1. The van der Waals surface area contributed by atoms with Crippen LogP contribution in [-0.4, -0.2) is 23.3 Å². The van der Waals surface area contributed by atoms with E-state index >= 15 is 0 Å². The number of nitrogens with zero attached hydrogens (tertiary/aromatic N) is 1. The Balaban J connectivity index is 1.55. The second-order valence-corrected chi connectivity index (χ2v) is 6.70. The molecule has 2 N–H and O–H groups in total. The number of amides is 2. The van der Waals surface area contributed by atoms with Gasteiger partial charge in [-0.25, -0.2) is 4.39 Å². The zero-order chi connectivity index (χ0) is 20.6. The van der Waals surface area contributed by atoms with Crippen molar-refractivity contribution in [2.24, 2.45) is 0 Å². The van der Waals surface area contributed by atoms with Gasteiger partial charge in [0.25, 0.3) is 11.8 Å². The van der Waals surface area contributed by atoms with Crippen molar-refractivity contribution in [2.45, 2.75) is 19.9 Å². The van der Waals surface area contributed by atoms with Crippen LogP contribution in [0, 0.1) is 12.7 Å². The molecule has 0 saturated carbocycles. The summed E-state index contributed by atoms with van der Waals surface area (Å²) in [5, 5.41) is 5.54. The molecular formula is C23H22FN3O2. The molecule has 148 valence electrons.